The second kappa shape index (κ2) is 5.42. The number of hydrogen-bond acceptors (Lipinski definition) is 4. The lowest BCUT2D eigenvalue weighted by atomic mass is 10.2. The van der Waals surface area contributed by atoms with Crippen LogP contribution in [0.25, 0.3) is 16.6 Å². The van der Waals surface area contributed by atoms with Gasteiger partial charge in [-0.05, 0) is 32.0 Å². The number of aromatic nitrogens is 4. The summed E-state index contributed by atoms with van der Waals surface area (Å²) in [5.74, 6) is -0.266. The van der Waals surface area contributed by atoms with Gasteiger partial charge in [-0.25, -0.2) is 9.50 Å². The minimum Gasteiger partial charge on any atom is -0.319 e. The number of pyridine rings is 1. The lowest BCUT2D eigenvalue weighted by Crippen LogP contribution is -2.15. The highest BCUT2D eigenvalue weighted by molar-refractivity contribution is 6.07. The van der Waals surface area contributed by atoms with Crippen LogP contribution in [0.2, 0.25) is 0 Å². The zero-order chi connectivity index (χ0) is 16.7. The van der Waals surface area contributed by atoms with Crippen LogP contribution in [0.1, 0.15) is 21.9 Å². The number of rotatable bonds is 2. The van der Waals surface area contributed by atoms with Crippen molar-refractivity contribution in [3.8, 4) is 0 Å². The number of anilines is 1. The summed E-state index contributed by atoms with van der Waals surface area (Å²) >= 11 is 0. The van der Waals surface area contributed by atoms with Gasteiger partial charge in [-0.1, -0.05) is 18.2 Å². The van der Waals surface area contributed by atoms with Crippen LogP contribution < -0.4 is 5.32 Å². The Bertz CT molecular complexity index is 1080. The summed E-state index contributed by atoms with van der Waals surface area (Å²) in [6, 6.07) is 13.1. The standard InChI is InChI=1S/C18H15N5O/c1-11-9-16-20-15(10-12(2)23(16)22-11)18(24)21-14-7-3-5-13-6-4-8-19-17(13)14/h3-10H,1-2H3,(H,21,24). The molecule has 1 N–H and O–H groups in total. The van der Waals surface area contributed by atoms with E-state index in [1.165, 1.54) is 0 Å². The highest BCUT2D eigenvalue weighted by Gasteiger charge is 2.13. The molecule has 3 heterocycles. The van der Waals surface area contributed by atoms with Crippen LogP contribution >= 0.6 is 0 Å². The van der Waals surface area contributed by atoms with E-state index in [4.69, 9.17) is 0 Å². The Balaban J connectivity index is 1.73. The number of nitrogens with one attached hydrogen (secondary N) is 1. The van der Waals surface area contributed by atoms with Gasteiger partial charge in [0.05, 0.1) is 16.9 Å². The Morgan fingerprint density at radius 1 is 1.12 bits per heavy atom. The molecule has 0 saturated heterocycles. The Morgan fingerprint density at radius 3 is 2.83 bits per heavy atom. The van der Waals surface area contributed by atoms with Gasteiger partial charge in [0.25, 0.3) is 5.91 Å². The van der Waals surface area contributed by atoms with Gasteiger partial charge in [-0.3, -0.25) is 9.78 Å². The number of fused-ring (bicyclic) bond motifs is 2. The number of amides is 1. The monoisotopic (exact) mass is 317 g/mol. The number of carbonyl (C=O) groups is 1. The number of para-hydroxylation sites is 1. The first-order chi connectivity index (χ1) is 11.6. The van der Waals surface area contributed by atoms with Gasteiger partial charge < -0.3 is 5.32 Å². The Kier molecular flexibility index (Phi) is 3.23. The first kappa shape index (κ1) is 14.3. The van der Waals surface area contributed by atoms with E-state index in [-0.39, 0.29) is 5.91 Å². The highest BCUT2D eigenvalue weighted by atomic mass is 16.1. The first-order valence-electron chi connectivity index (χ1n) is 7.61. The summed E-state index contributed by atoms with van der Waals surface area (Å²) in [4.78, 5) is 21.4. The molecular weight excluding hydrogens is 302 g/mol. The fraction of sp³-hybridized carbons (Fsp3) is 0.111. The van der Waals surface area contributed by atoms with Crippen molar-refractivity contribution in [2.24, 2.45) is 0 Å². The largest absolute Gasteiger partial charge is 0.319 e. The van der Waals surface area contributed by atoms with Crippen molar-refractivity contribution in [3.63, 3.8) is 0 Å². The minimum absolute atomic E-state index is 0.266. The van der Waals surface area contributed by atoms with Crippen molar-refractivity contribution >= 4 is 28.1 Å². The molecule has 4 rings (SSSR count). The van der Waals surface area contributed by atoms with Gasteiger partial charge in [0, 0.05) is 23.3 Å². The molecule has 6 nitrogen and oxygen atoms in total. The molecule has 1 aromatic carbocycles. The molecule has 24 heavy (non-hydrogen) atoms. The van der Waals surface area contributed by atoms with E-state index >= 15 is 0 Å². The molecule has 118 valence electrons. The zero-order valence-electron chi connectivity index (χ0n) is 13.3. The zero-order valence-corrected chi connectivity index (χ0v) is 13.3. The number of nitrogens with zero attached hydrogens (tertiary/aromatic N) is 4. The van der Waals surface area contributed by atoms with E-state index in [0.29, 0.717) is 17.0 Å². The lowest BCUT2D eigenvalue weighted by Gasteiger charge is -2.08. The van der Waals surface area contributed by atoms with Crippen LogP contribution in [0, 0.1) is 13.8 Å². The molecule has 0 aliphatic rings. The van der Waals surface area contributed by atoms with Crippen molar-refractivity contribution in [2.45, 2.75) is 13.8 Å². The van der Waals surface area contributed by atoms with Crippen molar-refractivity contribution in [1.29, 1.82) is 0 Å². The number of hydrogen-bond donors (Lipinski definition) is 1. The average molecular weight is 317 g/mol. The number of benzene rings is 1. The van der Waals surface area contributed by atoms with Gasteiger partial charge in [-0.2, -0.15) is 5.10 Å². The Morgan fingerprint density at radius 2 is 1.96 bits per heavy atom. The first-order valence-corrected chi connectivity index (χ1v) is 7.61. The van der Waals surface area contributed by atoms with Crippen LogP contribution in [-0.4, -0.2) is 25.5 Å². The maximum absolute atomic E-state index is 12.6. The second-order valence-corrected chi connectivity index (χ2v) is 5.67. The third-order valence-electron chi connectivity index (χ3n) is 3.84. The molecule has 6 heteroatoms. The Hall–Kier alpha value is -3.28. The van der Waals surface area contributed by atoms with Gasteiger partial charge in [0.1, 0.15) is 5.69 Å². The third kappa shape index (κ3) is 2.38. The van der Waals surface area contributed by atoms with E-state index in [1.54, 1.807) is 16.8 Å². The second-order valence-electron chi connectivity index (χ2n) is 5.67. The topological polar surface area (TPSA) is 72.2 Å². The van der Waals surface area contributed by atoms with Crippen LogP contribution in [0.5, 0.6) is 0 Å². The minimum atomic E-state index is -0.266. The van der Waals surface area contributed by atoms with E-state index in [1.807, 2.05) is 50.2 Å². The van der Waals surface area contributed by atoms with E-state index in [9.17, 15) is 4.79 Å². The van der Waals surface area contributed by atoms with Crippen molar-refractivity contribution in [1.82, 2.24) is 19.6 Å². The number of aryl methyl sites for hydroxylation is 2. The molecule has 1 amide bonds. The van der Waals surface area contributed by atoms with Gasteiger partial charge in [-0.15, -0.1) is 0 Å². The van der Waals surface area contributed by atoms with Crippen LogP contribution in [0.3, 0.4) is 0 Å². The molecule has 0 aliphatic heterocycles. The van der Waals surface area contributed by atoms with E-state index in [0.717, 1.165) is 22.3 Å². The van der Waals surface area contributed by atoms with Crippen LogP contribution in [0.4, 0.5) is 5.69 Å². The molecule has 4 aromatic rings. The molecule has 0 unspecified atom stereocenters. The predicted octanol–water partition coefficient (Wildman–Crippen LogP) is 3.15. The maximum Gasteiger partial charge on any atom is 0.274 e. The van der Waals surface area contributed by atoms with Gasteiger partial charge >= 0.3 is 0 Å². The smallest absolute Gasteiger partial charge is 0.274 e. The summed E-state index contributed by atoms with van der Waals surface area (Å²) in [7, 11) is 0. The normalized spacial score (nSPS) is 11.1. The predicted molar refractivity (Wildman–Crippen MR) is 92.2 cm³/mol. The van der Waals surface area contributed by atoms with Crippen molar-refractivity contribution < 1.29 is 4.79 Å². The summed E-state index contributed by atoms with van der Waals surface area (Å²) in [5.41, 5.74) is 4.16. The van der Waals surface area contributed by atoms with Gasteiger partial charge in [0.15, 0.2) is 5.65 Å². The molecule has 0 fully saturated rings. The van der Waals surface area contributed by atoms with E-state index in [2.05, 4.69) is 20.4 Å². The summed E-state index contributed by atoms with van der Waals surface area (Å²) in [5, 5.41) is 8.23. The summed E-state index contributed by atoms with van der Waals surface area (Å²) < 4.78 is 1.73. The fourth-order valence-corrected chi connectivity index (χ4v) is 2.75. The molecular formula is C18H15N5O. The molecule has 0 aliphatic carbocycles. The molecule has 0 saturated carbocycles. The highest BCUT2D eigenvalue weighted by Crippen LogP contribution is 2.21. The van der Waals surface area contributed by atoms with Crippen molar-refractivity contribution in [2.75, 3.05) is 5.32 Å². The fourth-order valence-electron chi connectivity index (χ4n) is 2.75. The summed E-state index contributed by atoms with van der Waals surface area (Å²) in [6.45, 7) is 3.80. The Labute approximate surface area is 138 Å². The average Bonchev–Trinajstić information content (AvgIpc) is 2.96. The quantitative estimate of drug-likeness (QED) is 0.616. The molecule has 0 bridgehead atoms. The lowest BCUT2D eigenvalue weighted by molar-refractivity contribution is 0.102. The molecule has 0 radical (unpaired) electrons. The third-order valence-corrected chi connectivity index (χ3v) is 3.84. The van der Waals surface area contributed by atoms with Gasteiger partial charge in [0.2, 0.25) is 0 Å². The van der Waals surface area contributed by atoms with E-state index < -0.39 is 0 Å². The summed E-state index contributed by atoms with van der Waals surface area (Å²) in [6.07, 6.45) is 1.71. The molecule has 0 atom stereocenters. The molecule has 0 spiro atoms. The maximum atomic E-state index is 12.6. The SMILES string of the molecule is Cc1cc2nc(C(=O)Nc3cccc4cccnc34)cc(C)n2n1. The van der Waals surface area contributed by atoms with Crippen LogP contribution in [0.15, 0.2) is 48.7 Å². The van der Waals surface area contributed by atoms with Crippen LogP contribution in [-0.2, 0) is 0 Å². The molecule has 3 aromatic heterocycles. The number of carbonyl (C=O) groups excluding carboxylic acids is 1. The van der Waals surface area contributed by atoms with Crippen molar-refractivity contribution in [3.05, 3.63) is 65.7 Å².